The van der Waals surface area contributed by atoms with Gasteiger partial charge < -0.3 is 24.8 Å². The molecule has 0 aliphatic carbocycles. The van der Waals surface area contributed by atoms with E-state index in [1.807, 2.05) is 57.2 Å². The number of carbonyl (C=O) groups excluding carboxylic acids is 5. The van der Waals surface area contributed by atoms with E-state index in [1.54, 1.807) is 88.2 Å². The van der Waals surface area contributed by atoms with Crippen LogP contribution in [0.5, 0.6) is 0 Å². The van der Waals surface area contributed by atoms with Gasteiger partial charge in [0.15, 0.2) is 0 Å². The van der Waals surface area contributed by atoms with Crippen LogP contribution in [0.1, 0.15) is 138 Å². The standard InChI is InChI=1S/C30H39N3O4S2.C25H31N3O2S2/c1-18(2)9-8-10-20(34)16-24-26(21-13-14-33(17-25(21)38-24)29(36)37-30(3,4)5)27-31-22-15-19(28(35)32(6)7)11-12-23(22)39-27;1-15(2)6-5-7-17(29)13-21-23(18-10-11-26-14-22(18)31-21)24-27-19-12-16(25(30)28(3)4)8-9-20(19)32-24/h11-12,15,18H,8-10,13-14,16-17H2,1-7H3;8-9,12,15,26H,5-7,10-11,13-14H2,1-4H3. The van der Waals surface area contributed by atoms with Crippen LogP contribution in [0.25, 0.3) is 41.6 Å². The molecule has 0 atom stereocenters. The molecular formula is C55H70N6O6S4. The first kappa shape index (κ1) is 53.9. The normalized spacial score (nSPS) is 13.6. The molecule has 6 heterocycles. The summed E-state index contributed by atoms with van der Waals surface area (Å²) >= 11 is 6.64. The number of hydrogen-bond acceptors (Lipinski definition) is 13. The van der Waals surface area contributed by atoms with E-state index in [-0.39, 0.29) is 23.7 Å². The second-order valence-corrected chi connectivity index (χ2v) is 25.4. The van der Waals surface area contributed by atoms with Crippen molar-refractivity contribution in [2.45, 2.75) is 131 Å². The van der Waals surface area contributed by atoms with Crippen LogP contribution >= 0.6 is 45.3 Å². The Morgan fingerprint density at radius 2 is 1.17 bits per heavy atom. The second-order valence-electron chi connectivity index (χ2n) is 21.0. The van der Waals surface area contributed by atoms with Gasteiger partial charge in [0.1, 0.15) is 27.2 Å². The van der Waals surface area contributed by atoms with Crippen molar-refractivity contribution in [3.8, 4) is 21.1 Å². The highest BCUT2D eigenvalue weighted by Crippen LogP contribution is 2.44. The van der Waals surface area contributed by atoms with Crippen LogP contribution < -0.4 is 5.32 Å². The van der Waals surface area contributed by atoms with Crippen LogP contribution in [0.2, 0.25) is 0 Å². The van der Waals surface area contributed by atoms with E-state index in [0.717, 1.165) is 95.8 Å². The smallest absolute Gasteiger partial charge is 0.410 e. The minimum atomic E-state index is -0.556. The quantitative estimate of drug-likeness (QED) is 0.100. The zero-order valence-electron chi connectivity index (χ0n) is 43.3. The summed E-state index contributed by atoms with van der Waals surface area (Å²) in [4.78, 5) is 82.9. The van der Waals surface area contributed by atoms with Gasteiger partial charge >= 0.3 is 6.09 Å². The first-order chi connectivity index (χ1) is 33.6. The van der Waals surface area contributed by atoms with Crippen molar-refractivity contribution in [3.63, 3.8) is 0 Å². The molecule has 16 heteroatoms. The van der Waals surface area contributed by atoms with E-state index in [9.17, 15) is 24.0 Å². The first-order valence-corrected chi connectivity index (χ1v) is 28.2. The van der Waals surface area contributed by atoms with Crippen molar-refractivity contribution in [1.29, 1.82) is 0 Å². The average molecular weight is 1040 g/mol. The molecule has 0 saturated heterocycles. The fraction of sp³-hybridized carbons (Fsp3) is 0.509. The Labute approximate surface area is 435 Å². The number of ketones is 2. The SMILES string of the molecule is CC(C)CCCC(=O)Cc1sc2c(c1-c1nc3cc(C(=O)N(C)C)ccc3s1)CCN(C(=O)OC(C)(C)C)C2.CC(C)CCCC(=O)Cc1sc2c(c1-c1nc3cc(C(=O)N(C)C)ccc3s1)CCNC2. The van der Waals surface area contributed by atoms with Crippen LogP contribution in [0.4, 0.5) is 4.79 Å². The Morgan fingerprint density at radius 1 is 0.690 bits per heavy atom. The van der Waals surface area contributed by atoms with E-state index < -0.39 is 5.60 Å². The van der Waals surface area contributed by atoms with Crippen LogP contribution in [0.15, 0.2) is 36.4 Å². The fourth-order valence-electron chi connectivity index (χ4n) is 8.88. The highest BCUT2D eigenvalue weighted by molar-refractivity contribution is 7.22. The summed E-state index contributed by atoms with van der Waals surface area (Å²) in [7, 11) is 6.99. The largest absolute Gasteiger partial charge is 0.444 e. The predicted molar refractivity (Wildman–Crippen MR) is 292 cm³/mol. The molecule has 1 N–H and O–H groups in total. The number of thiazole rings is 2. The molecule has 8 rings (SSSR count). The minimum Gasteiger partial charge on any atom is -0.444 e. The number of hydrogen-bond donors (Lipinski definition) is 1. The number of Topliss-reactive ketones (excluding diaryl/α,β-unsaturated/α-hetero) is 2. The zero-order valence-corrected chi connectivity index (χ0v) is 46.6. The summed E-state index contributed by atoms with van der Waals surface area (Å²) in [5.41, 5.74) is 7.06. The minimum absolute atomic E-state index is 0.0203. The number of benzene rings is 2. The van der Waals surface area contributed by atoms with Gasteiger partial charge in [-0.1, -0.05) is 40.5 Å². The van der Waals surface area contributed by atoms with Crippen molar-refractivity contribution >= 4 is 95.3 Å². The number of ether oxygens (including phenoxy) is 1. The summed E-state index contributed by atoms with van der Waals surface area (Å²) < 4.78 is 7.69. The van der Waals surface area contributed by atoms with E-state index in [4.69, 9.17) is 14.7 Å². The van der Waals surface area contributed by atoms with Gasteiger partial charge in [0.25, 0.3) is 11.8 Å². The molecule has 0 radical (unpaired) electrons. The molecule has 380 valence electrons. The number of rotatable bonds is 16. The maximum Gasteiger partial charge on any atom is 0.410 e. The lowest BCUT2D eigenvalue weighted by Gasteiger charge is -2.30. The monoisotopic (exact) mass is 1040 g/mol. The van der Waals surface area contributed by atoms with Crippen molar-refractivity contribution in [3.05, 3.63) is 78.2 Å². The van der Waals surface area contributed by atoms with Gasteiger partial charge in [0.2, 0.25) is 0 Å². The highest BCUT2D eigenvalue weighted by atomic mass is 32.1. The topological polar surface area (TPSA) is 142 Å². The molecule has 2 aliphatic heterocycles. The third kappa shape index (κ3) is 13.6. The molecule has 0 unspecified atom stereocenters. The first-order valence-electron chi connectivity index (χ1n) is 24.9. The molecule has 0 spiro atoms. The maximum absolute atomic E-state index is 13.0. The number of nitrogens with zero attached hydrogens (tertiary/aromatic N) is 5. The number of aromatic nitrogens is 2. The third-order valence-electron chi connectivity index (χ3n) is 12.5. The van der Waals surface area contributed by atoms with Crippen LogP contribution in [-0.2, 0) is 53.1 Å². The molecule has 2 aromatic carbocycles. The van der Waals surface area contributed by atoms with Gasteiger partial charge in [-0.15, -0.1) is 45.3 Å². The van der Waals surface area contributed by atoms with Crippen LogP contribution in [-0.4, -0.2) is 101 Å². The number of fused-ring (bicyclic) bond motifs is 4. The van der Waals surface area contributed by atoms with E-state index in [0.29, 0.717) is 73.9 Å². The summed E-state index contributed by atoms with van der Waals surface area (Å²) in [6.07, 6.45) is 7.40. The van der Waals surface area contributed by atoms with E-state index in [2.05, 4.69) is 33.0 Å². The lowest BCUT2D eigenvalue weighted by atomic mass is 9.99. The highest BCUT2D eigenvalue weighted by Gasteiger charge is 2.32. The van der Waals surface area contributed by atoms with Gasteiger partial charge in [-0.05, 0) is 112 Å². The lowest BCUT2D eigenvalue weighted by Crippen LogP contribution is -2.39. The molecule has 0 saturated carbocycles. The molecule has 4 aromatic heterocycles. The average Bonchev–Trinajstić information content (AvgIpc) is 4.09. The van der Waals surface area contributed by atoms with Crippen molar-refractivity contribution in [2.75, 3.05) is 41.3 Å². The number of thiophene rings is 2. The predicted octanol–water partition coefficient (Wildman–Crippen LogP) is 12.3. The van der Waals surface area contributed by atoms with Crippen LogP contribution in [0.3, 0.4) is 0 Å². The Kier molecular flexibility index (Phi) is 17.7. The van der Waals surface area contributed by atoms with Gasteiger partial charge in [0, 0.05) is 109 Å². The summed E-state index contributed by atoms with van der Waals surface area (Å²) in [5, 5.41) is 5.30. The van der Waals surface area contributed by atoms with Crippen molar-refractivity contribution in [2.24, 2.45) is 11.8 Å². The van der Waals surface area contributed by atoms with Gasteiger partial charge in [-0.2, -0.15) is 0 Å². The molecule has 12 nitrogen and oxygen atoms in total. The lowest BCUT2D eigenvalue weighted by molar-refractivity contribution is -0.119. The summed E-state index contributed by atoms with van der Waals surface area (Å²) in [6.45, 7) is 17.2. The maximum atomic E-state index is 13.0. The molecule has 71 heavy (non-hydrogen) atoms. The Balaban J connectivity index is 0.000000213. The Bertz CT molecular complexity index is 2910. The van der Waals surface area contributed by atoms with Gasteiger partial charge in [0.05, 0.1) is 27.0 Å². The molecular weight excluding hydrogens is 969 g/mol. The molecule has 6 aromatic rings. The summed E-state index contributed by atoms with van der Waals surface area (Å²) in [6, 6.07) is 11.4. The Hall–Kier alpha value is -4.87. The third-order valence-corrected chi connectivity index (χ3v) is 17.0. The number of nitrogens with one attached hydrogen (secondary N) is 1. The van der Waals surface area contributed by atoms with Crippen LogP contribution in [0, 0.1) is 11.8 Å². The molecule has 0 fully saturated rings. The van der Waals surface area contributed by atoms with Gasteiger partial charge in [-0.25, -0.2) is 14.8 Å². The fourth-order valence-corrected chi connectivity index (χ4v) is 13.9. The van der Waals surface area contributed by atoms with E-state index >= 15 is 0 Å². The number of amides is 3. The molecule has 3 amide bonds. The summed E-state index contributed by atoms with van der Waals surface area (Å²) in [5.74, 6) is 1.68. The number of carbonyl (C=O) groups is 5. The van der Waals surface area contributed by atoms with E-state index in [1.165, 1.54) is 21.6 Å². The molecule has 0 bridgehead atoms. The second kappa shape index (κ2) is 23.3. The molecule has 2 aliphatic rings. The van der Waals surface area contributed by atoms with Crippen molar-refractivity contribution < 1.29 is 28.7 Å². The van der Waals surface area contributed by atoms with Gasteiger partial charge in [-0.3, -0.25) is 19.2 Å². The van der Waals surface area contributed by atoms with Crippen molar-refractivity contribution in [1.82, 2.24) is 30.0 Å². The Morgan fingerprint density at radius 3 is 1.63 bits per heavy atom. The zero-order chi connectivity index (χ0) is 51.3.